The molecular weight excluding hydrogens is 421 g/mol. The van der Waals surface area contributed by atoms with Crippen molar-refractivity contribution in [1.82, 2.24) is 24.8 Å². The normalized spacial score (nSPS) is 18.8. The van der Waals surface area contributed by atoms with E-state index in [9.17, 15) is 14.0 Å². The first-order chi connectivity index (χ1) is 15.9. The number of amides is 2. The van der Waals surface area contributed by atoms with E-state index in [0.29, 0.717) is 35.9 Å². The van der Waals surface area contributed by atoms with Crippen LogP contribution < -0.4 is 0 Å². The van der Waals surface area contributed by atoms with Gasteiger partial charge >= 0.3 is 0 Å². The molecule has 2 saturated heterocycles. The number of fused-ring (bicyclic) bond motifs is 1. The van der Waals surface area contributed by atoms with E-state index in [4.69, 9.17) is 0 Å². The molecule has 2 aromatic heterocycles. The average Bonchev–Trinajstić information content (AvgIpc) is 3.47. The monoisotopic (exact) mass is 449 g/mol. The number of aromatic amines is 1. The maximum absolute atomic E-state index is 13.7. The number of aryl methyl sites for hydroxylation is 2. The lowest BCUT2D eigenvalue weighted by molar-refractivity contribution is 0.0698. The number of H-pyrrole nitrogens is 1. The zero-order valence-corrected chi connectivity index (χ0v) is 19.0. The summed E-state index contributed by atoms with van der Waals surface area (Å²) in [5, 5.41) is 0.726. The lowest BCUT2D eigenvalue weighted by Gasteiger charge is -2.32. The molecule has 172 valence electrons. The smallest absolute Gasteiger partial charge is 0.270 e. The van der Waals surface area contributed by atoms with Crippen LogP contribution >= 0.6 is 0 Å². The summed E-state index contributed by atoms with van der Waals surface area (Å²) in [5.74, 6) is 0.285. The molecule has 2 fully saturated rings. The van der Waals surface area contributed by atoms with Gasteiger partial charge in [0, 0.05) is 49.2 Å². The van der Waals surface area contributed by atoms with Crippen LogP contribution in [0.2, 0.25) is 0 Å². The Morgan fingerprint density at radius 1 is 1.06 bits per heavy atom. The van der Waals surface area contributed by atoms with Crippen LogP contribution in [0.5, 0.6) is 0 Å². The molecule has 2 aliphatic heterocycles. The predicted octanol–water partition coefficient (Wildman–Crippen LogP) is 3.97. The molecule has 0 unspecified atom stereocenters. The van der Waals surface area contributed by atoms with Gasteiger partial charge in [-0.3, -0.25) is 9.59 Å². The highest BCUT2D eigenvalue weighted by Gasteiger charge is 2.30. The number of halogens is 1. The SMILES string of the molecule is Cc1nc([C@@H]2CCCN(C(=O)c3[nH]c4ccc(F)cc4c3C)C2)ncc1C(=O)N1CCCC1. The molecule has 2 amide bonds. The Kier molecular flexibility index (Phi) is 5.60. The Morgan fingerprint density at radius 2 is 1.82 bits per heavy atom. The fourth-order valence-corrected chi connectivity index (χ4v) is 5.03. The first-order valence-electron chi connectivity index (χ1n) is 11.6. The topological polar surface area (TPSA) is 82.2 Å². The number of rotatable bonds is 3. The second-order valence-electron chi connectivity index (χ2n) is 9.13. The molecule has 5 rings (SSSR count). The summed E-state index contributed by atoms with van der Waals surface area (Å²) in [4.78, 5) is 42.1. The molecule has 7 nitrogen and oxygen atoms in total. The summed E-state index contributed by atoms with van der Waals surface area (Å²) >= 11 is 0. The van der Waals surface area contributed by atoms with E-state index in [-0.39, 0.29) is 23.5 Å². The number of carbonyl (C=O) groups excluding carboxylic acids is 2. The molecule has 33 heavy (non-hydrogen) atoms. The second-order valence-corrected chi connectivity index (χ2v) is 9.13. The largest absolute Gasteiger partial charge is 0.350 e. The Hall–Kier alpha value is -3.29. The van der Waals surface area contributed by atoms with Crippen molar-refractivity contribution in [3.63, 3.8) is 0 Å². The highest BCUT2D eigenvalue weighted by Crippen LogP contribution is 2.29. The van der Waals surface area contributed by atoms with Gasteiger partial charge < -0.3 is 14.8 Å². The zero-order chi connectivity index (χ0) is 23.1. The van der Waals surface area contributed by atoms with Crippen LogP contribution in [0.15, 0.2) is 24.4 Å². The van der Waals surface area contributed by atoms with Crippen molar-refractivity contribution in [2.45, 2.75) is 45.4 Å². The molecule has 0 radical (unpaired) electrons. The van der Waals surface area contributed by atoms with Crippen molar-refractivity contribution in [2.24, 2.45) is 0 Å². The highest BCUT2D eigenvalue weighted by molar-refractivity contribution is 6.01. The molecule has 1 atom stereocenters. The minimum atomic E-state index is -0.319. The average molecular weight is 450 g/mol. The van der Waals surface area contributed by atoms with Crippen LogP contribution in [0.25, 0.3) is 10.9 Å². The van der Waals surface area contributed by atoms with E-state index in [1.165, 1.54) is 12.1 Å². The van der Waals surface area contributed by atoms with Gasteiger partial charge in [0.2, 0.25) is 0 Å². The Morgan fingerprint density at radius 3 is 2.58 bits per heavy atom. The summed E-state index contributed by atoms with van der Waals surface area (Å²) in [5.41, 5.74) is 3.26. The third-order valence-corrected chi connectivity index (χ3v) is 6.93. The van der Waals surface area contributed by atoms with E-state index in [1.807, 2.05) is 23.6 Å². The Labute approximate surface area is 192 Å². The molecule has 0 saturated carbocycles. The van der Waals surface area contributed by atoms with Gasteiger partial charge in [-0.05, 0) is 63.3 Å². The molecule has 0 spiro atoms. The minimum absolute atomic E-state index is 0.00252. The minimum Gasteiger partial charge on any atom is -0.350 e. The molecule has 4 heterocycles. The molecule has 3 aromatic rings. The number of benzene rings is 1. The van der Waals surface area contributed by atoms with Crippen LogP contribution in [0.4, 0.5) is 4.39 Å². The number of likely N-dealkylation sites (tertiary alicyclic amines) is 2. The second kappa shape index (κ2) is 8.57. The molecule has 0 aliphatic carbocycles. The molecule has 8 heteroatoms. The molecular formula is C25H28FN5O2. The first kappa shape index (κ1) is 21.6. The highest BCUT2D eigenvalue weighted by atomic mass is 19.1. The number of piperidine rings is 1. The van der Waals surface area contributed by atoms with Crippen LogP contribution in [-0.4, -0.2) is 62.7 Å². The Bertz CT molecular complexity index is 1230. The maximum Gasteiger partial charge on any atom is 0.270 e. The summed E-state index contributed by atoms with van der Waals surface area (Å²) in [7, 11) is 0. The fraction of sp³-hybridized carbons (Fsp3) is 0.440. The number of nitrogens with one attached hydrogen (secondary N) is 1. The van der Waals surface area contributed by atoms with Crippen molar-refractivity contribution in [2.75, 3.05) is 26.2 Å². The van der Waals surface area contributed by atoms with Gasteiger partial charge in [-0.1, -0.05) is 0 Å². The van der Waals surface area contributed by atoms with Gasteiger partial charge in [0.15, 0.2) is 0 Å². The number of carbonyl (C=O) groups is 2. The van der Waals surface area contributed by atoms with E-state index >= 15 is 0 Å². The molecule has 2 aliphatic rings. The lowest BCUT2D eigenvalue weighted by Crippen LogP contribution is -2.40. The van der Waals surface area contributed by atoms with Gasteiger partial charge in [0.25, 0.3) is 11.8 Å². The van der Waals surface area contributed by atoms with Crippen molar-refractivity contribution in [3.8, 4) is 0 Å². The molecule has 1 N–H and O–H groups in total. The van der Waals surface area contributed by atoms with E-state index in [1.54, 1.807) is 12.3 Å². The summed E-state index contributed by atoms with van der Waals surface area (Å²) < 4.78 is 13.7. The third-order valence-electron chi connectivity index (χ3n) is 6.93. The van der Waals surface area contributed by atoms with Crippen molar-refractivity contribution < 1.29 is 14.0 Å². The third kappa shape index (κ3) is 3.98. The Balaban J connectivity index is 1.34. The number of hydrogen-bond acceptors (Lipinski definition) is 4. The van der Waals surface area contributed by atoms with Crippen molar-refractivity contribution >= 4 is 22.7 Å². The molecule has 0 bridgehead atoms. The summed E-state index contributed by atoms with van der Waals surface area (Å²) in [6.45, 7) is 6.45. The zero-order valence-electron chi connectivity index (χ0n) is 19.0. The van der Waals surface area contributed by atoms with Crippen LogP contribution in [0.3, 0.4) is 0 Å². The van der Waals surface area contributed by atoms with Crippen LogP contribution in [0, 0.1) is 19.7 Å². The number of nitrogens with zero attached hydrogens (tertiary/aromatic N) is 4. The van der Waals surface area contributed by atoms with Gasteiger partial charge in [-0.2, -0.15) is 0 Å². The number of aromatic nitrogens is 3. The van der Waals surface area contributed by atoms with Crippen molar-refractivity contribution in [1.29, 1.82) is 0 Å². The van der Waals surface area contributed by atoms with Crippen LogP contribution in [-0.2, 0) is 0 Å². The van der Waals surface area contributed by atoms with Crippen LogP contribution in [0.1, 0.15) is 69.5 Å². The van der Waals surface area contributed by atoms with Gasteiger partial charge in [0.05, 0.1) is 11.3 Å². The van der Waals surface area contributed by atoms with E-state index in [0.717, 1.165) is 55.2 Å². The first-order valence-corrected chi connectivity index (χ1v) is 11.6. The van der Waals surface area contributed by atoms with E-state index < -0.39 is 0 Å². The maximum atomic E-state index is 13.7. The number of hydrogen-bond donors (Lipinski definition) is 1. The predicted molar refractivity (Wildman–Crippen MR) is 123 cm³/mol. The van der Waals surface area contributed by atoms with Gasteiger partial charge in [-0.25, -0.2) is 14.4 Å². The van der Waals surface area contributed by atoms with Gasteiger partial charge in [0.1, 0.15) is 17.3 Å². The van der Waals surface area contributed by atoms with Crippen molar-refractivity contribution in [3.05, 3.63) is 58.6 Å². The summed E-state index contributed by atoms with van der Waals surface area (Å²) in [6, 6.07) is 4.51. The quantitative estimate of drug-likeness (QED) is 0.656. The standard InChI is InChI=1S/C25H28FN5O2/c1-15-19-12-18(26)7-8-21(19)29-22(15)25(33)31-11-5-6-17(14-31)23-27-13-20(16(2)28-23)24(32)30-9-3-4-10-30/h7-8,12-13,17,29H,3-6,9-11,14H2,1-2H3/t17-/m1/s1. The van der Waals surface area contributed by atoms with E-state index in [2.05, 4.69) is 15.0 Å². The summed E-state index contributed by atoms with van der Waals surface area (Å²) in [6.07, 6.45) is 5.47. The van der Waals surface area contributed by atoms with Gasteiger partial charge in [-0.15, -0.1) is 0 Å². The lowest BCUT2D eigenvalue weighted by atomic mass is 9.96. The molecule has 1 aromatic carbocycles. The fourth-order valence-electron chi connectivity index (χ4n) is 5.03.